The van der Waals surface area contributed by atoms with Gasteiger partial charge in [0.15, 0.2) is 11.6 Å². The summed E-state index contributed by atoms with van der Waals surface area (Å²) in [5, 5.41) is 8.76. The van der Waals surface area contributed by atoms with Crippen LogP contribution in [0.3, 0.4) is 0 Å². The fraction of sp³-hybridized carbons (Fsp3) is 0.429. The molecule has 0 aliphatic heterocycles. The van der Waals surface area contributed by atoms with E-state index in [2.05, 4.69) is 0 Å². The molecule has 1 atom stereocenters. The maximum atomic E-state index is 13.2. The molecular formula is C14H18FNO4. The van der Waals surface area contributed by atoms with Crippen LogP contribution in [-0.2, 0) is 9.59 Å². The Morgan fingerprint density at radius 1 is 1.40 bits per heavy atom. The van der Waals surface area contributed by atoms with Crippen molar-refractivity contribution in [3.8, 4) is 5.75 Å². The minimum atomic E-state index is -0.952. The second-order valence-corrected chi connectivity index (χ2v) is 4.54. The monoisotopic (exact) mass is 283 g/mol. The number of halogens is 1. The third kappa shape index (κ3) is 4.87. The number of ether oxygens (including phenoxy) is 1. The van der Waals surface area contributed by atoms with Crippen LogP contribution in [0.5, 0.6) is 5.75 Å². The molecule has 1 aromatic rings. The van der Waals surface area contributed by atoms with Gasteiger partial charge in [-0.1, -0.05) is 19.1 Å². The normalized spacial score (nSPS) is 11.8. The Bertz CT molecular complexity index is 478. The number of amides is 1. The minimum Gasteiger partial charge on any atom is -0.490 e. The smallest absolute Gasteiger partial charge is 0.308 e. The van der Waals surface area contributed by atoms with Gasteiger partial charge in [-0.25, -0.2) is 4.39 Å². The number of carboxylic acid groups (broad SMARTS) is 1. The van der Waals surface area contributed by atoms with Gasteiger partial charge in [0, 0.05) is 13.6 Å². The van der Waals surface area contributed by atoms with Crippen molar-refractivity contribution >= 4 is 11.9 Å². The van der Waals surface area contributed by atoms with Gasteiger partial charge in [0.1, 0.15) is 0 Å². The highest BCUT2D eigenvalue weighted by Gasteiger charge is 2.17. The van der Waals surface area contributed by atoms with Crippen LogP contribution in [0.1, 0.15) is 13.3 Å². The summed E-state index contributed by atoms with van der Waals surface area (Å²) in [6, 6.07) is 5.95. The Hall–Kier alpha value is -2.11. The number of carboxylic acids is 1. The summed E-state index contributed by atoms with van der Waals surface area (Å²) in [5.74, 6) is -2.20. The molecule has 0 saturated carbocycles. The van der Waals surface area contributed by atoms with E-state index in [0.29, 0.717) is 0 Å². The number of benzene rings is 1. The molecule has 20 heavy (non-hydrogen) atoms. The molecule has 0 heterocycles. The average molecular weight is 283 g/mol. The molecule has 1 aromatic carbocycles. The lowest BCUT2D eigenvalue weighted by Crippen LogP contribution is -2.34. The minimum absolute atomic E-state index is 0.0472. The van der Waals surface area contributed by atoms with Gasteiger partial charge in [-0.15, -0.1) is 0 Å². The van der Waals surface area contributed by atoms with Crippen LogP contribution >= 0.6 is 0 Å². The highest BCUT2D eigenvalue weighted by molar-refractivity contribution is 5.77. The molecule has 6 heteroatoms. The molecular weight excluding hydrogens is 265 g/mol. The van der Waals surface area contributed by atoms with E-state index in [9.17, 15) is 14.0 Å². The van der Waals surface area contributed by atoms with Crippen molar-refractivity contribution in [3.05, 3.63) is 30.1 Å². The molecule has 0 aliphatic rings. The number of hydrogen-bond donors (Lipinski definition) is 1. The molecule has 1 rings (SSSR count). The van der Waals surface area contributed by atoms with Crippen molar-refractivity contribution in [1.29, 1.82) is 0 Å². The molecule has 0 radical (unpaired) electrons. The van der Waals surface area contributed by atoms with Crippen LogP contribution in [0.2, 0.25) is 0 Å². The molecule has 0 spiro atoms. The Morgan fingerprint density at radius 2 is 2.05 bits per heavy atom. The molecule has 1 N–H and O–H groups in total. The summed E-state index contributed by atoms with van der Waals surface area (Å²) >= 11 is 0. The fourth-order valence-corrected chi connectivity index (χ4v) is 1.59. The summed E-state index contributed by atoms with van der Waals surface area (Å²) in [5.41, 5.74) is 0. The van der Waals surface area contributed by atoms with Crippen molar-refractivity contribution in [1.82, 2.24) is 4.90 Å². The van der Waals surface area contributed by atoms with E-state index in [4.69, 9.17) is 9.84 Å². The zero-order valence-corrected chi connectivity index (χ0v) is 11.5. The second kappa shape index (κ2) is 7.47. The SMILES string of the molecule is CC(CN(C)C(=O)CCOc1ccccc1F)C(=O)O. The van der Waals surface area contributed by atoms with E-state index in [-0.39, 0.29) is 31.2 Å². The van der Waals surface area contributed by atoms with Gasteiger partial charge in [-0.05, 0) is 12.1 Å². The third-order valence-electron chi connectivity index (χ3n) is 2.81. The Morgan fingerprint density at radius 3 is 2.65 bits per heavy atom. The predicted octanol–water partition coefficient (Wildman–Crippen LogP) is 1.77. The van der Waals surface area contributed by atoms with Crippen molar-refractivity contribution in [2.75, 3.05) is 20.2 Å². The Balaban J connectivity index is 2.36. The number of nitrogens with zero attached hydrogens (tertiary/aromatic N) is 1. The Labute approximate surface area is 117 Å². The van der Waals surface area contributed by atoms with E-state index in [1.165, 1.54) is 31.0 Å². The zero-order chi connectivity index (χ0) is 15.1. The van der Waals surface area contributed by atoms with Crippen LogP contribution in [0, 0.1) is 11.7 Å². The first kappa shape index (κ1) is 15.9. The van der Waals surface area contributed by atoms with Crippen LogP contribution in [0.15, 0.2) is 24.3 Å². The third-order valence-corrected chi connectivity index (χ3v) is 2.81. The lowest BCUT2D eigenvalue weighted by molar-refractivity contribution is -0.142. The lowest BCUT2D eigenvalue weighted by atomic mass is 10.2. The molecule has 1 amide bonds. The molecule has 1 unspecified atom stereocenters. The molecule has 0 aromatic heterocycles. The van der Waals surface area contributed by atoms with Gasteiger partial charge < -0.3 is 14.7 Å². The van der Waals surface area contributed by atoms with E-state index in [0.717, 1.165) is 0 Å². The number of para-hydroxylation sites is 1. The number of rotatable bonds is 7. The van der Waals surface area contributed by atoms with Crippen molar-refractivity contribution in [2.24, 2.45) is 5.92 Å². The van der Waals surface area contributed by atoms with Gasteiger partial charge in [0.05, 0.1) is 18.9 Å². The standard InChI is InChI=1S/C14H18FNO4/c1-10(14(18)19)9-16(2)13(17)7-8-20-12-6-4-3-5-11(12)15/h3-6,10H,7-9H2,1-2H3,(H,18,19). The van der Waals surface area contributed by atoms with E-state index in [1.54, 1.807) is 12.1 Å². The topological polar surface area (TPSA) is 66.8 Å². The first-order chi connectivity index (χ1) is 9.41. The van der Waals surface area contributed by atoms with E-state index >= 15 is 0 Å². The Kier molecular flexibility index (Phi) is 5.96. The maximum absolute atomic E-state index is 13.2. The van der Waals surface area contributed by atoms with Crippen LogP contribution in [0.25, 0.3) is 0 Å². The first-order valence-electron chi connectivity index (χ1n) is 6.26. The van der Waals surface area contributed by atoms with Crippen molar-refractivity contribution in [3.63, 3.8) is 0 Å². The molecule has 0 fully saturated rings. The van der Waals surface area contributed by atoms with Crippen LogP contribution in [-0.4, -0.2) is 42.1 Å². The summed E-state index contributed by atoms with van der Waals surface area (Å²) in [6.07, 6.45) is 0.0666. The van der Waals surface area contributed by atoms with Gasteiger partial charge in [-0.2, -0.15) is 0 Å². The largest absolute Gasteiger partial charge is 0.490 e. The molecule has 0 saturated heterocycles. The summed E-state index contributed by atoms with van der Waals surface area (Å²) < 4.78 is 18.4. The predicted molar refractivity (Wildman–Crippen MR) is 70.9 cm³/mol. The van der Waals surface area contributed by atoms with Gasteiger partial charge in [0.25, 0.3) is 0 Å². The summed E-state index contributed by atoms with van der Waals surface area (Å²) in [6.45, 7) is 1.71. The molecule has 110 valence electrons. The highest BCUT2D eigenvalue weighted by atomic mass is 19.1. The number of hydrogen-bond acceptors (Lipinski definition) is 3. The quantitative estimate of drug-likeness (QED) is 0.828. The number of carbonyl (C=O) groups excluding carboxylic acids is 1. The van der Waals surface area contributed by atoms with Crippen LogP contribution in [0.4, 0.5) is 4.39 Å². The zero-order valence-electron chi connectivity index (χ0n) is 11.5. The molecule has 0 bridgehead atoms. The van der Waals surface area contributed by atoms with Crippen molar-refractivity contribution < 1.29 is 23.8 Å². The van der Waals surface area contributed by atoms with Gasteiger partial charge >= 0.3 is 5.97 Å². The maximum Gasteiger partial charge on any atom is 0.308 e. The fourth-order valence-electron chi connectivity index (χ4n) is 1.59. The second-order valence-electron chi connectivity index (χ2n) is 4.54. The number of aliphatic carboxylic acids is 1. The molecule has 0 aliphatic carbocycles. The highest BCUT2D eigenvalue weighted by Crippen LogP contribution is 2.15. The van der Waals surface area contributed by atoms with Crippen LogP contribution < -0.4 is 4.74 Å². The summed E-state index contributed by atoms with van der Waals surface area (Å²) in [7, 11) is 1.53. The van der Waals surface area contributed by atoms with E-state index < -0.39 is 17.7 Å². The lowest BCUT2D eigenvalue weighted by Gasteiger charge is -2.19. The first-order valence-corrected chi connectivity index (χ1v) is 6.26. The van der Waals surface area contributed by atoms with E-state index in [1.807, 2.05) is 0 Å². The molecule has 5 nitrogen and oxygen atoms in total. The summed E-state index contributed by atoms with van der Waals surface area (Å²) in [4.78, 5) is 23.8. The van der Waals surface area contributed by atoms with Gasteiger partial charge in [0.2, 0.25) is 5.91 Å². The average Bonchev–Trinajstić information content (AvgIpc) is 2.40. The van der Waals surface area contributed by atoms with Gasteiger partial charge in [-0.3, -0.25) is 9.59 Å². The van der Waals surface area contributed by atoms with Crippen molar-refractivity contribution in [2.45, 2.75) is 13.3 Å². The number of carbonyl (C=O) groups is 2.